The Morgan fingerprint density at radius 1 is 1.21 bits per heavy atom. The van der Waals surface area contributed by atoms with Gasteiger partial charge in [0.05, 0.1) is 25.1 Å². The summed E-state index contributed by atoms with van der Waals surface area (Å²) in [4.78, 5) is 16.5. The fourth-order valence-electron chi connectivity index (χ4n) is 2.55. The van der Waals surface area contributed by atoms with Crippen molar-refractivity contribution in [1.82, 2.24) is 10.3 Å². The molecule has 0 fully saturated rings. The van der Waals surface area contributed by atoms with Gasteiger partial charge in [0.1, 0.15) is 17.3 Å². The van der Waals surface area contributed by atoms with Gasteiger partial charge < -0.3 is 23.9 Å². The number of benzene rings is 1. The number of oxazole rings is 1. The number of amides is 1. The number of methoxy groups -OCH3 is 1. The van der Waals surface area contributed by atoms with Crippen LogP contribution in [-0.2, 0) is 30.8 Å². The minimum absolute atomic E-state index is 0.130. The second-order valence-corrected chi connectivity index (χ2v) is 7.58. The highest BCUT2D eigenvalue weighted by Crippen LogP contribution is 2.24. The van der Waals surface area contributed by atoms with Crippen LogP contribution < -0.4 is 10.1 Å². The van der Waals surface area contributed by atoms with Crippen LogP contribution in [0.4, 0.5) is 0 Å². The lowest BCUT2D eigenvalue weighted by Crippen LogP contribution is -2.37. The summed E-state index contributed by atoms with van der Waals surface area (Å²) in [5.74, 6) is 1.44. The number of nitrogens with one attached hydrogen (secondary N) is 1. The van der Waals surface area contributed by atoms with Gasteiger partial charge in [-0.25, -0.2) is 4.98 Å². The smallest absolute Gasteiger partial charge is 0.232 e. The molecule has 0 radical (unpaired) electrons. The molecule has 1 atom stereocenters. The van der Waals surface area contributed by atoms with Gasteiger partial charge in [0.15, 0.2) is 6.29 Å². The summed E-state index contributed by atoms with van der Waals surface area (Å²) >= 11 is 0. The van der Waals surface area contributed by atoms with Crippen molar-refractivity contribution in [2.75, 3.05) is 32.6 Å². The first-order valence-corrected chi connectivity index (χ1v) is 10.9. The molecule has 0 bridgehead atoms. The molecule has 0 aliphatic heterocycles. The molecule has 0 aliphatic rings. The van der Waals surface area contributed by atoms with Gasteiger partial charge in [-0.2, -0.15) is 0 Å². The van der Waals surface area contributed by atoms with Crippen molar-refractivity contribution in [2.24, 2.45) is 0 Å². The molecule has 8 nitrogen and oxygen atoms in total. The summed E-state index contributed by atoms with van der Waals surface area (Å²) in [5.41, 5.74) is 1.37. The molecule has 160 valence electrons. The lowest BCUT2D eigenvalue weighted by molar-refractivity contribution is -0.139. The lowest BCUT2D eigenvalue weighted by atomic mass is 10.2. The summed E-state index contributed by atoms with van der Waals surface area (Å²) in [6.45, 7) is 6.64. The molecule has 9 heteroatoms. The van der Waals surface area contributed by atoms with Crippen LogP contribution in [0.3, 0.4) is 0 Å². The van der Waals surface area contributed by atoms with Gasteiger partial charge >= 0.3 is 0 Å². The Balaban J connectivity index is 1.89. The summed E-state index contributed by atoms with van der Waals surface area (Å²) < 4.78 is 34.0. The highest BCUT2D eigenvalue weighted by Gasteiger charge is 2.17. The zero-order chi connectivity index (χ0) is 21.2. The Morgan fingerprint density at radius 2 is 1.86 bits per heavy atom. The zero-order valence-corrected chi connectivity index (χ0v) is 18.0. The zero-order valence-electron chi connectivity index (χ0n) is 17.2. The Morgan fingerprint density at radius 3 is 2.45 bits per heavy atom. The number of hydrogen-bond donors (Lipinski definition) is 1. The van der Waals surface area contributed by atoms with E-state index < -0.39 is 17.1 Å². The van der Waals surface area contributed by atoms with Gasteiger partial charge in [0.25, 0.3) is 0 Å². The summed E-state index contributed by atoms with van der Waals surface area (Å²) in [6, 6.07) is 7.31. The van der Waals surface area contributed by atoms with Crippen LogP contribution in [0.15, 0.2) is 28.7 Å². The van der Waals surface area contributed by atoms with E-state index in [0.29, 0.717) is 30.6 Å². The molecule has 0 saturated heterocycles. The lowest BCUT2D eigenvalue weighted by Gasteiger charge is -2.17. The Labute approximate surface area is 173 Å². The Bertz CT molecular complexity index is 800. The van der Waals surface area contributed by atoms with E-state index in [1.165, 1.54) is 0 Å². The highest BCUT2D eigenvalue weighted by molar-refractivity contribution is 7.84. The number of hydrogen-bond acceptors (Lipinski definition) is 7. The standard InChI is InChI=1S/C20H28N2O6S/c1-5-26-19(27-6-2)11-21-18(23)13-29(24)12-17-14(3)28-20(22-17)15-7-9-16(25-4)10-8-15/h7-10,19H,5-6,11-13H2,1-4H3,(H,21,23)/t29-/m0/s1. The molecule has 0 saturated carbocycles. The molecule has 1 aromatic heterocycles. The molecule has 1 N–H and O–H groups in total. The summed E-state index contributed by atoms with van der Waals surface area (Å²) in [6.07, 6.45) is -0.507. The van der Waals surface area contributed by atoms with Crippen LogP contribution in [0.2, 0.25) is 0 Å². The van der Waals surface area contributed by atoms with E-state index in [9.17, 15) is 9.00 Å². The molecule has 1 heterocycles. The third-order valence-corrected chi connectivity index (χ3v) is 5.17. The fraction of sp³-hybridized carbons (Fsp3) is 0.500. The predicted molar refractivity (Wildman–Crippen MR) is 110 cm³/mol. The molecular weight excluding hydrogens is 396 g/mol. The molecule has 29 heavy (non-hydrogen) atoms. The van der Waals surface area contributed by atoms with E-state index in [1.807, 2.05) is 38.1 Å². The van der Waals surface area contributed by atoms with E-state index in [1.54, 1.807) is 14.0 Å². The van der Waals surface area contributed by atoms with E-state index in [2.05, 4.69) is 10.3 Å². The van der Waals surface area contributed by atoms with Crippen LogP contribution in [0.1, 0.15) is 25.3 Å². The van der Waals surface area contributed by atoms with Gasteiger partial charge in [-0.15, -0.1) is 0 Å². The second-order valence-electron chi connectivity index (χ2n) is 6.12. The molecule has 0 aliphatic carbocycles. The first-order valence-electron chi connectivity index (χ1n) is 9.42. The summed E-state index contributed by atoms with van der Waals surface area (Å²) in [5, 5.41) is 2.69. The topological polar surface area (TPSA) is 99.9 Å². The first kappa shape index (κ1) is 23.1. The second kappa shape index (κ2) is 11.7. The van der Waals surface area contributed by atoms with Crippen molar-refractivity contribution >= 4 is 16.7 Å². The quantitative estimate of drug-likeness (QED) is 0.522. The fourth-order valence-corrected chi connectivity index (χ4v) is 3.62. The van der Waals surface area contributed by atoms with Gasteiger partial charge in [0.2, 0.25) is 11.8 Å². The van der Waals surface area contributed by atoms with Crippen molar-refractivity contribution in [3.8, 4) is 17.2 Å². The van der Waals surface area contributed by atoms with E-state index >= 15 is 0 Å². The van der Waals surface area contributed by atoms with Gasteiger partial charge in [-0.1, -0.05) is 0 Å². The summed E-state index contributed by atoms with van der Waals surface area (Å²) in [7, 11) is 0.181. The minimum Gasteiger partial charge on any atom is -0.497 e. The van der Waals surface area contributed by atoms with Gasteiger partial charge in [0, 0.05) is 29.6 Å². The van der Waals surface area contributed by atoms with Crippen LogP contribution >= 0.6 is 0 Å². The number of aryl methyl sites for hydroxylation is 1. The van der Waals surface area contributed by atoms with E-state index in [-0.39, 0.29) is 24.0 Å². The number of carbonyl (C=O) groups is 1. The molecule has 0 spiro atoms. The monoisotopic (exact) mass is 424 g/mol. The van der Waals surface area contributed by atoms with Crippen LogP contribution in [0, 0.1) is 6.92 Å². The van der Waals surface area contributed by atoms with Crippen LogP contribution in [-0.4, -0.2) is 54.0 Å². The van der Waals surface area contributed by atoms with Crippen molar-refractivity contribution in [1.29, 1.82) is 0 Å². The van der Waals surface area contributed by atoms with Crippen molar-refractivity contribution in [2.45, 2.75) is 32.8 Å². The number of carbonyl (C=O) groups excluding carboxylic acids is 1. The maximum absolute atomic E-state index is 12.4. The third kappa shape index (κ3) is 7.26. The number of ether oxygens (including phenoxy) is 3. The molecule has 1 amide bonds. The Kier molecular flexibility index (Phi) is 9.30. The maximum atomic E-state index is 12.4. The van der Waals surface area contributed by atoms with Crippen LogP contribution in [0.5, 0.6) is 5.75 Å². The van der Waals surface area contributed by atoms with Crippen LogP contribution in [0.25, 0.3) is 11.5 Å². The SMILES string of the molecule is CCOC(CNC(=O)C[S@@](=O)Cc1nc(-c2ccc(OC)cc2)oc1C)OCC. The first-order chi connectivity index (χ1) is 14.0. The molecule has 2 aromatic rings. The molecule has 2 rings (SSSR count). The molecule has 1 aromatic carbocycles. The van der Waals surface area contributed by atoms with Gasteiger partial charge in [-0.3, -0.25) is 9.00 Å². The number of nitrogens with zero attached hydrogens (tertiary/aromatic N) is 1. The van der Waals surface area contributed by atoms with E-state index in [0.717, 1.165) is 11.3 Å². The average molecular weight is 425 g/mol. The maximum Gasteiger partial charge on any atom is 0.232 e. The van der Waals surface area contributed by atoms with Crippen molar-refractivity contribution in [3.05, 3.63) is 35.7 Å². The van der Waals surface area contributed by atoms with E-state index in [4.69, 9.17) is 18.6 Å². The average Bonchev–Trinajstić information content (AvgIpc) is 3.06. The van der Waals surface area contributed by atoms with Gasteiger partial charge in [-0.05, 0) is 45.0 Å². The predicted octanol–water partition coefficient (Wildman–Crippen LogP) is 2.42. The minimum atomic E-state index is -1.42. The number of rotatable bonds is 12. The molecular formula is C20H28N2O6S. The molecule has 0 unspecified atom stereocenters. The Hall–Kier alpha value is -2.23. The third-order valence-electron chi connectivity index (χ3n) is 3.99. The highest BCUT2D eigenvalue weighted by atomic mass is 32.2. The number of aromatic nitrogens is 1. The van der Waals surface area contributed by atoms with Crippen molar-refractivity contribution < 1.29 is 27.6 Å². The largest absolute Gasteiger partial charge is 0.497 e. The van der Waals surface area contributed by atoms with Crippen molar-refractivity contribution in [3.63, 3.8) is 0 Å². The normalized spacial score (nSPS) is 12.2.